The molecule has 0 aliphatic heterocycles. The molecule has 1 aromatic carbocycles. The third kappa shape index (κ3) is 3.85. The first kappa shape index (κ1) is 17.2. The molecule has 0 aromatic heterocycles. The molecule has 114 valence electrons. The quantitative estimate of drug-likeness (QED) is 0.768. The molecule has 0 amide bonds. The smallest absolute Gasteiger partial charge is 0.246 e. The van der Waals surface area contributed by atoms with Crippen molar-refractivity contribution in [2.75, 3.05) is 26.4 Å². The number of rotatable bonds is 5. The minimum atomic E-state index is -3.81. The second-order valence-electron chi connectivity index (χ2n) is 5.10. The highest BCUT2D eigenvalue weighted by Gasteiger charge is 2.29. The van der Waals surface area contributed by atoms with Crippen LogP contribution in [0.25, 0.3) is 0 Å². The summed E-state index contributed by atoms with van der Waals surface area (Å²) in [6.45, 7) is 3.02. The molecular formula is C12H19BrN2O4S. The zero-order valence-corrected chi connectivity index (χ0v) is 14.2. The summed E-state index contributed by atoms with van der Waals surface area (Å²) in [5.74, 6) is 0.189. The van der Waals surface area contributed by atoms with Gasteiger partial charge in [-0.25, -0.2) is 8.42 Å². The van der Waals surface area contributed by atoms with Gasteiger partial charge in [0.2, 0.25) is 10.0 Å². The second kappa shape index (κ2) is 5.88. The maximum atomic E-state index is 12.5. The summed E-state index contributed by atoms with van der Waals surface area (Å²) in [6, 6.07) is 2.83. The van der Waals surface area contributed by atoms with Crippen LogP contribution in [0.15, 0.2) is 21.5 Å². The van der Waals surface area contributed by atoms with E-state index in [0.29, 0.717) is 10.2 Å². The van der Waals surface area contributed by atoms with E-state index in [9.17, 15) is 13.5 Å². The molecule has 0 spiro atoms. The van der Waals surface area contributed by atoms with E-state index in [1.807, 2.05) is 0 Å². The van der Waals surface area contributed by atoms with E-state index in [4.69, 9.17) is 10.5 Å². The Balaban J connectivity index is 3.32. The summed E-state index contributed by atoms with van der Waals surface area (Å²) in [6.07, 6.45) is 0. The number of ether oxygens (including phenoxy) is 1. The van der Waals surface area contributed by atoms with Crippen LogP contribution in [0, 0.1) is 0 Å². The Labute approximate surface area is 127 Å². The Morgan fingerprint density at radius 2 is 2.00 bits per heavy atom. The molecule has 1 rings (SSSR count). The molecule has 20 heavy (non-hydrogen) atoms. The summed E-state index contributed by atoms with van der Waals surface area (Å²) in [5.41, 5.74) is 4.88. The van der Waals surface area contributed by atoms with Gasteiger partial charge >= 0.3 is 0 Å². The highest BCUT2D eigenvalue weighted by atomic mass is 79.9. The number of nitrogen functional groups attached to an aromatic ring is 1. The Morgan fingerprint density at radius 1 is 1.45 bits per heavy atom. The number of hydrogen-bond donors (Lipinski definition) is 2. The molecule has 8 heteroatoms. The molecule has 1 aromatic rings. The zero-order valence-electron chi connectivity index (χ0n) is 11.8. The molecular weight excluding hydrogens is 348 g/mol. The van der Waals surface area contributed by atoms with Crippen molar-refractivity contribution in [1.29, 1.82) is 0 Å². The van der Waals surface area contributed by atoms with E-state index in [2.05, 4.69) is 15.9 Å². The molecule has 0 heterocycles. The molecule has 0 unspecified atom stereocenters. The first-order chi connectivity index (χ1) is 8.99. The van der Waals surface area contributed by atoms with E-state index in [0.717, 1.165) is 4.31 Å². The molecule has 0 radical (unpaired) electrons. The van der Waals surface area contributed by atoms with Crippen LogP contribution in [0.2, 0.25) is 0 Å². The van der Waals surface area contributed by atoms with Crippen LogP contribution in [0.1, 0.15) is 13.8 Å². The average molecular weight is 367 g/mol. The molecule has 0 aliphatic carbocycles. The first-order valence-corrected chi connectivity index (χ1v) is 8.04. The fraction of sp³-hybridized carbons (Fsp3) is 0.500. The van der Waals surface area contributed by atoms with E-state index in [1.165, 1.54) is 40.1 Å². The summed E-state index contributed by atoms with van der Waals surface area (Å²) in [4.78, 5) is -0.0348. The van der Waals surface area contributed by atoms with Crippen LogP contribution in [0.4, 0.5) is 5.69 Å². The van der Waals surface area contributed by atoms with Crippen molar-refractivity contribution >= 4 is 31.6 Å². The molecule has 0 atom stereocenters. The molecule has 0 aliphatic rings. The van der Waals surface area contributed by atoms with E-state index in [-0.39, 0.29) is 17.2 Å². The fourth-order valence-corrected chi connectivity index (χ4v) is 3.53. The summed E-state index contributed by atoms with van der Waals surface area (Å²) >= 11 is 3.22. The van der Waals surface area contributed by atoms with Crippen molar-refractivity contribution in [2.45, 2.75) is 24.3 Å². The lowest BCUT2D eigenvalue weighted by Crippen LogP contribution is -2.39. The largest absolute Gasteiger partial charge is 0.495 e. The number of anilines is 1. The normalized spacial score (nSPS) is 12.8. The Hall–Kier alpha value is -0.830. The number of sulfonamides is 1. The van der Waals surface area contributed by atoms with E-state index < -0.39 is 15.6 Å². The predicted molar refractivity (Wildman–Crippen MR) is 81.2 cm³/mol. The van der Waals surface area contributed by atoms with Gasteiger partial charge in [-0.3, -0.25) is 0 Å². The van der Waals surface area contributed by atoms with Gasteiger partial charge in [0.1, 0.15) is 10.6 Å². The van der Waals surface area contributed by atoms with Crippen LogP contribution in [0.5, 0.6) is 5.75 Å². The van der Waals surface area contributed by atoms with Gasteiger partial charge in [-0.15, -0.1) is 0 Å². The summed E-state index contributed by atoms with van der Waals surface area (Å²) < 4.78 is 31.7. The van der Waals surface area contributed by atoms with Gasteiger partial charge in [0.05, 0.1) is 12.7 Å². The first-order valence-electron chi connectivity index (χ1n) is 5.81. The van der Waals surface area contributed by atoms with Crippen molar-refractivity contribution in [3.8, 4) is 5.75 Å². The van der Waals surface area contributed by atoms with E-state index in [1.54, 1.807) is 0 Å². The molecule has 0 saturated heterocycles. The van der Waals surface area contributed by atoms with Gasteiger partial charge in [-0.1, -0.05) is 0 Å². The Bertz CT molecular complexity index is 596. The number of nitrogens with two attached hydrogens (primary N) is 1. The van der Waals surface area contributed by atoms with E-state index >= 15 is 0 Å². The van der Waals surface area contributed by atoms with Gasteiger partial charge in [0.15, 0.2) is 0 Å². The molecule has 0 bridgehead atoms. The third-order valence-corrected chi connectivity index (χ3v) is 5.09. The molecule has 0 saturated carbocycles. The maximum Gasteiger partial charge on any atom is 0.246 e. The number of benzene rings is 1. The van der Waals surface area contributed by atoms with Gasteiger partial charge in [0, 0.05) is 23.8 Å². The van der Waals surface area contributed by atoms with Gasteiger partial charge in [-0.05, 0) is 41.9 Å². The fourth-order valence-electron chi connectivity index (χ4n) is 1.71. The number of likely N-dealkylation sites (N-methyl/N-ethyl adjacent to an activating group) is 1. The number of aliphatic hydroxyl groups is 1. The van der Waals surface area contributed by atoms with Gasteiger partial charge in [0.25, 0.3) is 0 Å². The number of halogens is 1. The van der Waals surface area contributed by atoms with Crippen molar-refractivity contribution in [3.63, 3.8) is 0 Å². The lowest BCUT2D eigenvalue weighted by atomic mass is 10.1. The maximum absolute atomic E-state index is 12.5. The van der Waals surface area contributed by atoms with Gasteiger partial charge < -0.3 is 15.6 Å². The SMILES string of the molecule is COc1cc(Br)c(N)cc1S(=O)(=O)N(C)CC(C)(C)O. The summed E-state index contributed by atoms with van der Waals surface area (Å²) in [5, 5.41) is 9.75. The topological polar surface area (TPSA) is 92.9 Å². The monoisotopic (exact) mass is 366 g/mol. The lowest BCUT2D eigenvalue weighted by molar-refractivity contribution is 0.0639. The highest BCUT2D eigenvalue weighted by Crippen LogP contribution is 2.33. The van der Waals surface area contributed by atoms with Crippen molar-refractivity contribution in [1.82, 2.24) is 4.31 Å². The second-order valence-corrected chi connectivity index (χ2v) is 7.97. The number of nitrogens with zero attached hydrogens (tertiary/aromatic N) is 1. The minimum absolute atomic E-state index is 0.0348. The van der Waals surface area contributed by atoms with Crippen molar-refractivity contribution in [3.05, 3.63) is 16.6 Å². The predicted octanol–water partition coefficient (Wildman–Crippen LogP) is 1.43. The van der Waals surface area contributed by atoms with Crippen molar-refractivity contribution < 1.29 is 18.3 Å². The standard InChI is InChI=1S/C12H19BrN2O4S/c1-12(2,16)7-15(3)20(17,18)11-6-9(14)8(13)5-10(11)19-4/h5-6,16H,7,14H2,1-4H3. The third-order valence-electron chi connectivity index (χ3n) is 2.58. The van der Waals surface area contributed by atoms with Crippen LogP contribution < -0.4 is 10.5 Å². The van der Waals surface area contributed by atoms with Crippen LogP contribution in [0.3, 0.4) is 0 Å². The number of methoxy groups -OCH3 is 1. The molecule has 0 fully saturated rings. The zero-order chi connectivity index (χ0) is 15.7. The van der Waals surface area contributed by atoms with Gasteiger partial charge in [-0.2, -0.15) is 4.31 Å². The van der Waals surface area contributed by atoms with Crippen LogP contribution >= 0.6 is 15.9 Å². The number of hydrogen-bond acceptors (Lipinski definition) is 5. The highest BCUT2D eigenvalue weighted by molar-refractivity contribution is 9.10. The molecule has 3 N–H and O–H groups in total. The van der Waals surface area contributed by atoms with Crippen molar-refractivity contribution in [2.24, 2.45) is 0 Å². The van der Waals surface area contributed by atoms with Crippen LogP contribution in [-0.4, -0.2) is 44.1 Å². The lowest BCUT2D eigenvalue weighted by Gasteiger charge is -2.25. The molecule has 6 nitrogen and oxygen atoms in total. The Morgan fingerprint density at radius 3 is 2.45 bits per heavy atom. The average Bonchev–Trinajstić information content (AvgIpc) is 2.29. The summed E-state index contributed by atoms with van der Waals surface area (Å²) in [7, 11) is -1.03. The minimum Gasteiger partial charge on any atom is -0.495 e. The van der Waals surface area contributed by atoms with Crippen LogP contribution in [-0.2, 0) is 10.0 Å². The Kier molecular flexibility index (Phi) is 5.07.